The molecule has 0 fully saturated rings. The zero-order chi connectivity index (χ0) is 14.8. The largest absolute Gasteiger partial charge is 0.312 e. The molecule has 0 radical (unpaired) electrons. The summed E-state index contributed by atoms with van der Waals surface area (Å²) in [6.07, 6.45) is 0. The molecule has 1 nitrogen and oxygen atoms in total. The fourth-order valence-corrected chi connectivity index (χ4v) is 3.32. The summed E-state index contributed by atoms with van der Waals surface area (Å²) in [7, 11) is 0. The Hall–Kier alpha value is -1.12. The van der Waals surface area contributed by atoms with Crippen molar-refractivity contribution >= 4 is 11.3 Å². The van der Waals surface area contributed by atoms with E-state index in [0.29, 0.717) is 0 Å². The predicted molar refractivity (Wildman–Crippen MR) is 89.7 cm³/mol. The van der Waals surface area contributed by atoms with Crippen molar-refractivity contribution in [2.45, 2.75) is 46.6 Å². The lowest BCUT2D eigenvalue weighted by molar-refractivity contribution is 0.476. The molecule has 0 amide bonds. The number of aryl methyl sites for hydroxylation is 3. The van der Waals surface area contributed by atoms with Crippen LogP contribution in [0.2, 0.25) is 0 Å². The van der Waals surface area contributed by atoms with Gasteiger partial charge in [-0.1, -0.05) is 32.0 Å². The van der Waals surface area contributed by atoms with E-state index in [1.54, 1.807) is 0 Å². The van der Waals surface area contributed by atoms with Crippen molar-refractivity contribution in [2.24, 2.45) is 0 Å². The van der Waals surface area contributed by atoms with Gasteiger partial charge in [-0.25, -0.2) is 0 Å². The van der Waals surface area contributed by atoms with Gasteiger partial charge in [0.2, 0.25) is 0 Å². The third kappa shape index (κ3) is 3.50. The van der Waals surface area contributed by atoms with Gasteiger partial charge in [0.1, 0.15) is 0 Å². The van der Waals surface area contributed by atoms with E-state index in [1.165, 1.54) is 27.1 Å². The zero-order valence-electron chi connectivity index (χ0n) is 13.2. The van der Waals surface area contributed by atoms with Crippen LogP contribution in [0.5, 0.6) is 0 Å². The Kier molecular flexibility index (Phi) is 4.66. The second-order valence-corrected chi connectivity index (χ2v) is 7.28. The molecule has 0 saturated heterocycles. The van der Waals surface area contributed by atoms with E-state index in [4.69, 9.17) is 0 Å². The van der Waals surface area contributed by atoms with Gasteiger partial charge in [0.25, 0.3) is 0 Å². The lowest BCUT2D eigenvalue weighted by Crippen LogP contribution is -2.32. The molecular weight excluding hydrogens is 262 g/mol. The molecule has 0 aliphatic carbocycles. The maximum Gasteiger partial charge on any atom is 0.0208 e. The summed E-state index contributed by atoms with van der Waals surface area (Å²) < 4.78 is 0. The zero-order valence-corrected chi connectivity index (χ0v) is 14.0. The van der Waals surface area contributed by atoms with Crippen LogP contribution in [0.3, 0.4) is 0 Å². The van der Waals surface area contributed by atoms with Gasteiger partial charge in [0.05, 0.1) is 0 Å². The van der Waals surface area contributed by atoms with Gasteiger partial charge >= 0.3 is 0 Å². The molecule has 1 aromatic heterocycles. The summed E-state index contributed by atoms with van der Waals surface area (Å²) in [6, 6.07) is 8.97. The highest BCUT2D eigenvalue weighted by Crippen LogP contribution is 2.26. The first kappa shape index (κ1) is 15.3. The van der Waals surface area contributed by atoms with Crippen molar-refractivity contribution in [3.05, 3.63) is 56.8 Å². The number of thiophene rings is 1. The Labute approximate surface area is 127 Å². The molecule has 1 heterocycles. The van der Waals surface area contributed by atoms with E-state index in [1.807, 2.05) is 11.3 Å². The summed E-state index contributed by atoms with van der Waals surface area (Å²) in [5, 5.41) is 5.78. The minimum Gasteiger partial charge on any atom is -0.312 e. The highest BCUT2D eigenvalue weighted by Gasteiger charge is 2.21. The number of benzene rings is 1. The Morgan fingerprint density at radius 3 is 2.40 bits per heavy atom. The molecule has 2 heteroatoms. The SMILES string of the molecule is Cc1cc(C)c(CNCC(C)(C)c2cccs2)cc1C. The van der Waals surface area contributed by atoms with Crippen LogP contribution < -0.4 is 5.32 Å². The van der Waals surface area contributed by atoms with Crippen LogP contribution in [0.25, 0.3) is 0 Å². The quantitative estimate of drug-likeness (QED) is 0.837. The van der Waals surface area contributed by atoms with Crippen molar-refractivity contribution in [1.82, 2.24) is 5.32 Å². The molecular formula is C18H25NS. The standard InChI is InChI=1S/C18H25NS/c1-13-9-15(3)16(10-14(13)2)11-19-12-18(4,5)17-7-6-8-20-17/h6-10,19H,11-12H2,1-5H3. The highest BCUT2D eigenvalue weighted by atomic mass is 32.1. The maximum atomic E-state index is 3.62. The summed E-state index contributed by atoms with van der Waals surface area (Å²) >= 11 is 1.84. The number of rotatable bonds is 5. The smallest absolute Gasteiger partial charge is 0.0208 e. The van der Waals surface area contributed by atoms with E-state index in [0.717, 1.165) is 13.1 Å². The third-order valence-corrected chi connectivity index (χ3v) is 5.26. The molecule has 20 heavy (non-hydrogen) atoms. The van der Waals surface area contributed by atoms with Crippen molar-refractivity contribution in [2.75, 3.05) is 6.54 Å². The molecule has 1 aromatic carbocycles. The second kappa shape index (κ2) is 6.11. The van der Waals surface area contributed by atoms with Crippen molar-refractivity contribution < 1.29 is 0 Å². The summed E-state index contributed by atoms with van der Waals surface area (Å²) in [4.78, 5) is 1.45. The van der Waals surface area contributed by atoms with E-state index < -0.39 is 0 Å². The van der Waals surface area contributed by atoms with Crippen LogP contribution in [0.1, 0.15) is 41.0 Å². The first-order chi connectivity index (χ1) is 9.40. The van der Waals surface area contributed by atoms with Gasteiger partial charge in [-0.05, 0) is 54.5 Å². The van der Waals surface area contributed by atoms with Crippen molar-refractivity contribution in [3.8, 4) is 0 Å². The van der Waals surface area contributed by atoms with Crippen molar-refractivity contribution in [3.63, 3.8) is 0 Å². The Morgan fingerprint density at radius 1 is 1.05 bits per heavy atom. The van der Waals surface area contributed by atoms with Gasteiger partial charge in [-0.3, -0.25) is 0 Å². The van der Waals surface area contributed by atoms with Crippen LogP contribution in [-0.2, 0) is 12.0 Å². The lowest BCUT2D eigenvalue weighted by atomic mass is 9.91. The van der Waals surface area contributed by atoms with E-state index in [2.05, 4.69) is 69.6 Å². The topological polar surface area (TPSA) is 12.0 Å². The molecule has 0 spiro atoms. The lowest BCUT2D eigenvalue weighted by Gasteiger charge is -2.24. The average Bonchev–Trinajstić information content (AvgIpc) is 2.90. The normalized spacial score (nSPS) is 11.8. The monoisotopic (exact) mass is 287 g/mol. The molecule has 0 aliphatic heterocycles. The molecule has 108 valence electrons. The molecule has 0 bridgehead atoms. The minimum absolute atomic E-state index is 0.196. The Bertz CT molecular complexity index is 567. The molecule has 0 aliphatic rings. The second-order valence-electron chi connectivity index (χ2n) is 6.33. The minimum atomic E-state index is 0.196. The van der Waals surface area contributed by atoms with Gasteiger partial charge in [-0.2, -0.15) is 0 Å². The summed E-state index contributed by atoms with van der Waals surface area (Å²) in [5.74, 6) is 0. The molecule has 0 atom stereocenters. The fourth-order valence-electron chi connectivity index (χ4n) is 2.47. The molecule has 0 saturated carbocycles. The molecule has 2 aromatic rings. The van der Waals surface area contributed by atoms with Crippen molar-refractivity contribution in [1.29, 1.82) is 0 Å². The molecule has 0 unspecified atom stereocenters. The van der Waals surface area contributed by atoms with Gasteiger partial charge in [0.15, 0.2) is 0 Å². The summed E-state index contributed by atoms with van der Waals surface area (Å²) in [5.41, 5.74) is 5.75. The van der Waals surface area contributed by atoms with Gasteiger partial charge in [0, 0.05) is 23.4 Å². The number of nitrogens with one attached hydrogen (secondary N) is 1. The number of hydrogen-bond acceptors (Lipinski definition) is 2. The van der Waals surface area contributed by atoms with Crippen LogP contribution in [0.4, 0.5) is 0 Å². The molecule has 1 N–H and O–H groups in total. The van der Waals surface area contributed by atoms with Crippen LogP contribution in [-0.4, -0.2) is 6.54 Å². The van der Waals surface area contributed by atoms with Crippen LogP contribution in [0, 0.1) is 20.8 Å². The third-order valence-electron chi connectivity index (χ3n) is 4.02. The first-order valence-corrected chi connectivity index (χ1v) is 8.09. The Morgan fingerprint density at radius 2 is 1.75 bits per heavy atom. The van der Waals surface area contributed by atoms with Crippen LogP contribution >= 0.6 is 11.3 Å². The number of hydrogen-bond donors (Lipinski definition) is 1. The fraction of sp³-hybridized carbons (Fsp3) is 0.444. The molecule has 2 rings (SSSR count). The Balaban J connectivity index is 1.98. The van der Waals surface area contributed by atoms with Gasteiger partial charge < -0.3 is 5.32 Å². The summed E-state index contributed by atoms with van der Waals surface area (Å²) in [6.45, 7) is 13.1. The highest BCUT2D eigenvalue weighted by molar-refractivity contribution is 7.10. The van der Waals surface area contributed by atoms with E-state index in [9.17, 15) is 0 Å². The first-order valence-electron chi connectivity index (χ1n) is 7.21. The van der Waals surface area contributed by atoms with E-state index >= 15 is 0 Å². The van der Waals surface area contributed by atoms with Gasteiger partial charge in [-0.15, -0.1) is 11.3 Å². The maximum absolute atomic E-state index is 3.62. The van der Waals surface area contributed by atoms with Crippen LogP contribution in [0.15, 0.2) is 29.6 Å². The average molecular weight is 287 g/mol. The van der Waals surface area contributed by atoms with E-state index in [-0.39, 0.29) is 5.41 Å². The predicted octanol–water partition coefficient (Wildman–Crippen LogP) is 4.74.